The summed E-state index contributed by atoms with van der Waals surface area (Å²) >= 11 is 0. The van der Waals surface area contributed by atoms with E-state index in [-0.39, 0.29) is 0 Å². The van der Waals surface area contributed by atoms with Crippen LogP contribution < -0.4 is 5.32 Å². The molecule has 1 aromatic rings. The second kappa shape index (κ2) is 5.29. The molecule has 2 aliphatic rings. The van der Waals surface area contributed by atoms with Gasteiger partial charge < -0.3 is 10.2 Å². The zero-order chi connectivity index (χ0) is 13.2. The summed E-state index contributed by atoms with van der Waals surface area (Å²) in [5.74, 6) is 1.63. The van der Waals surface area contributed by atoms with E-state index < -0.39 is 0 Å². The van der Waals surface area contributed by atoms with E-state index in [1.54, 1.807) is 12.4 Å². The first kappa shape index (κ1) is 12.6. The SMILES string of the molecule is CC1C2CNCC2CN1C(=O)CCc1ccncc1. The number of aryl methyl sites for hydroxylation is 1. The predicted octanol–water partition coefficient (Wildman–Crippen LogP) is 1.08. The number of nitrogens with zero attached hydrogens (tertiary/aromatic N) is 2. The van der Waals surface area contributed by atoms with Crippen LogP contribution in [0.2, 0.25) is 0 Å². The van der Waals surface area contributed by atoms with Crippen LogP contribution in [0.1, 0.15) is 18.9 Å². The van der Waals surface area contributed by atoms with Gasteiger partial charge >= 0.3 is 0 Å². The number of rotatable bonds is 3. The van der Waals surface area contributed by atoms with Gasteiger partial charge in [0.15, 0.2) is 0 Å². The molecule has 3 rings (SSSR count). The number of likely N-dealkylation sites (tertiary alicyclic amines) is 1. The summed E-state index contributed by atoms with van der Waals surface area (Å²) in [4.78, 5) is 18.4. The summed E-state index contributed by atoms with van der Waals surface area (Å²) < 4.78 is 0. The number of fused-ring (bicyclic) bond motifs is 1. The van der Waals surface area contributed by atoms with Gasteiger partial charge in [-0.2, -0.15) is 0 Å². The van der Waals surface area contributed by atoms with Crippen molar-refractivity contribution in [3.8, 4) is 0 Å². The average Bonchev–Trinajstić information content (AvgIpc) is 3.01. The molecule has 0 bridgehead atoms. The lowest BCUT2D eigenvalue weighted by Gasteiger charge is -2.24. The molecule has 2 saturated heterocycles. The van der Waals surface area contributed by atoms with Crippen LogP contribution in [0.25, 0.3) is 0 Å². The maximum Gasteiger partial charge on any atom is 0.223 e. The number of pyridine rings is 1. The van der Waals surface area contributed by atoms with Gasteiger partial charge in [-0.25, -0.2) is 0 Å². The third kappa shape index (κ3) is 2.50. The number of hydrogen-bond acceptors (Lipinski definition) is 3. The third-order valence-electron chi connectivity index (χ3n) is 4.63. The number of carbonyl (C=O) groups is 1. The maximum absolute atomic E-state index is 12.4. The molecule has 4 nitrogen and oxygen atoms in total. The van der Waals surface area contributed by atoms with Crippen molar-refractivity contribution in [3.63, 3.8) is 0 Å². The maximum atomic E-state index is 12.4. The molecule has 0 radical (unpaired) electrons. The topological polar surface area (TPSA) is 45.2 Å². The Balaban J connectivity index is 1.56. The van der Waals surface area contributed by atoms with Crippen LogP contribution in [0.15, 0.2) is 24.5 Å². The van der Waals surface area contributed by atoms with Gasteiger partial charge in [-0.1, -0.05) is 0 Å². The van der Waals surface area contributed by atoms with Crippen LogP contribution in [0.3, 0.4) is 0 Å². The van der Waals surface area contributed by atoms with Crippen molar-refractivity contribution < 1.29 is 4.79 Å². The monoisotopic (exact) mass is 259 g/mol. The zero-order valence-electron chi connectivity index (χ0n) is 11.4. The van der Waals surface area contributed by atoms with Crippen molar-refractivity contribution >= 4 is 5.91 Å². The largest absolute Gasteiger partial charge is 0.339 e. The fourth-order valence-corrected chi connectivity index (χ4v) is 3.44. The number of amides is 1. The Kier molecular flexibility index (Phi) is 3.51. The fraction of sp³-hybridized carbons (Fsp3) is 0.600. The van der Waals surface area contributed by atoms with E-state index in [1.807, 2.05) is 12.1 Å². The Labute approximate surface area is 114 Å². The Morgan fingerprint density at radius 2 is 2.21 bits per heavy atom. The van der Waals surface area contributed by atoms with Gasteiger partial charge in [-0.05, 0) is 42.9 Å². The van der Waals surface area contributed by atoms with Gasteiger partial charge in [0.05, 0.1) is 0 Å². The zero-order valence-corrected chi connectivity index (χ0v) is 11.4. The quantitative estimate of drug-likeness (QED) is 0.883. The minimum absolute atomic E-state index is 0.304. The Hall–Kier alpha value is -1.42. The minimum Gasteiger partial charge on any atom is -0.339 e. The molecule has 3 unspecified atom stereocenters. The molecular weight excluding hydrogens is 238 g/mol. The summed E-state index contributed by atoms with van der Waals surface area (Å²) in [6, 6.07) is 4.36. The van der Waals surface area contributed by atoms with Gasteiger partial charge in [-0.15, -0.1) is 0 Å². The molecular formula is C15H21N3O. The van der Waals surface area contributed by atoms with Gasteiger partial charge in [0.1, 0.15) is 0 Å². The highest BCUT2D eigenvalue weighted by Gasteiger charge is 2.43. The van der Waals surface area contributed by atoms with E-state index in [0.29, 0.717) is 30.2 Å². The second-order valence-corrected chi connectivity index (χ2v) is 5.72. The van der Waals surface area contributed by atoms with E-state index in [4.69, 9.17) is 0 Å². The molecule has 0 saturated carbocycles. The first-order valence-electron chi connectivity index (χ1n) is 7.15. The van der Waals surface area contributed by atoms with Crippen LogP contribution in [0.4, 0.5) is 0 Å². The first-order valence-corrected chi connectivity index (χ1v) is 7.15. The van der Waals surface area contributed by atoms with E-state index in [9.17, 15) is 4.79 Å². The lowest BCUT2D eigenvalue weighted by molar-refractivity contribution is -0.132. The van der Waals surface area contributed by atoms with Gasteiger partial charge in [0.2, 0.25) is 5.91 Å². The van der Waals surface area contributed by atoms with Crippen molar-refractivity contribution in [2.45, 2.75) is 25.8 Å². The smallest absolute Gasteiger partial charge is 0.223 e. The third-order valence-corrected chi connectivity index (χ3v) is 4.63. The molecule has 4 heteroatoms. The summed E-state index contributed by atoms with van der Waals surface area (Å²) in [6.07, 6.45) is 5.00. The minimum atomic E-state index is 0.304. The van der Waals surface area contributed by atoms with Crippen LogP contribution in [0.5, 0.6) is 0 Å². The van der Waals surface area contributed by atoms with Crippen molar-refractivity contribution in [2.75, 3.05) is 19.6 Å². The highest BCUT2D eigenvalue weighted by molar-refractivity contribution is 5.77. The average molecular weight is 259 g/mol. The second-order valence-electron chi connectivity index (χ2n) is 5.72. The standard InChI is InChI=1S/C15H21N3O/c1-11-14-9-17-8-13(14)10-18(11)15(19)3-2-12-4-6-16-7-5-12/h4-7,11,13-14,17H,2-3,8-10H2,1H3. The van der Waals surface area contributed by atoms with Crippen molar-refractivity contribution in [1.29, 1.82) is 0 Å². The predicted molar refractivity (Wildman–Crippen MR) is 73.6 cm³/mol. The highest BCUT2D eigenvalue weighted by Crippen LogP contribution is 2.32. The van der Waals surface area contributed by atoms with Gasteiger partial charge in [-0.3, -0.25) is 9.78 Å². The molecule has 1 amide bonds. The van der Waals surface area contributed by atoms with Crippen molar-refractivity contribution in [1.82, 2.24) is 15.2 Å². The van der Waals surface area contributed by atoms with Crippen molar-refractivity contribution in [2.24, 2.45) is 11.8 Å². The molecule has 1 N–H and O–H groups in total. The van der Waals surface area contributed by atoms with E-state index in [2.05, 4.69) is 22.1 Å². The number of nitrogens with one attached hydrogen (secondary N) is 1. The Morgan fingerprint density at radius 3 is 2.95 bits per heavy atom. The van der Waals surface area contributed by atoms with Crippen molar-refractivity contribution in [3.05, 3.63) is 30.1 Å². The molecule has 1 aromatic heterocycles. The summed E-state index contributed by atoms with van der Waals surface area (Å²) in [5.41, 5.74) is 1.19. The van der Waals surface area contributed by atoms with Crippen LogP contribution in [0, 0.1) is 11.8 Å². The lowest BCUT2D eigenvalue weighted by Crippen LogP contribution is -2.38. The number of aromatic nitrogens is 1. The molecule has 0 aromatic carbocycles. The molecule has 0 spiro atoms. The molecule has 19 heavy (non-hydrogen) atoms. The van der Waals surface area contributed by atoms with Crippen LogP contribution >= 0.6 is 0 Å². The summed E-state index contributed by atoms with van der Waals surface area (Å²) in [7, 11) is 0. The van der Waals surface area contributed by atoms with Crippen LogP contribution in [-0.4, -0.2) is 41.5 Å². The van der Waals surface area contributed by atoms with E-state index >= 15 is 0 Å². The fourth-order valence-electron chi connectivity index (χ4n) is 3.44. The Morgan fingerprint density at radius 1 is 1.42 bits per heavy atom. The lowest BCUT2D eigenvalue weighted by atomic mass is 9.95. The first-order chi connectivity index (χ1) is 9.25. The molecule has 0 aliphatic carbocycles. The molecule has 3 heterocycles. The molecule has 2 fully saturated rings. The van der Waals surface area contributed by atoms with Gasteiger partial charge in [0.25, 0.3) is 0 Å². The normalized spacial score (nSPS) is 29.5. The number of hydrogen-bond donors (Lipinski definition) is 1. The molecule has 3 atom stereocenters. The van der Waals surface area contributed by atoms with Crippen LogP contribution in [-0.2, 0) is 11.2 Å². The molecule has 2 aliphatic heterocycles. The summed E-state index contributed by atoms with van der Waals surface area (Å²) in [5, 5.41) is 3.43. The molecule has 102 valence electrons. The Bertz CT molecular complexity index is 448. The number of carbonyl (C=O) groups excluding carboxylic acids is 1. The van der Waals surface area contributed by atoms with Gasteiger partial charge in [0, 0.05) is 44.5 Å². The van der Waals surface area contributed by atoms with E-state index in [1.165, 1.54) is 5.56 Å². The summed E-state index contributed by atoms with van der Waals surface area (Å²) in [6.45, 7) is 5.28. The van der Waals surface area contributed by atoms with E-state index in [0.717, 1.165) is 26.1 Å². The highest BCUT2D eigenvalue weighted by atomic mass is 16.2.